The summed E-state index contributed by atoms with van der Waals surface area (Å²) in [5, 5.41) is 10.1. The molecule has 1 aliphatic rings. The van der Waals surface area contributed by atoms with Gasteiger partial charge in [-0.1, -0.05) is 0 Å². The molecule has 10 nitrogen and oxygen atoms in total. The number of hydrogen-bond acceptors (Lipinski definition) is 6. The van der Waals surface area contributed by atoms with E-state index >= 15 is 0 Å². The molecule has 0 unspecified atom stereocenters. The molecule has 4 rings (SSSR count). The molecule has 0 spiro atoms. The number of likely N-dealkylation sites (tertiary alicyclic amines) is 1. The summed E-state index contributed by atoms with van der Waals surface area (Å²) in [6.07, 6.45) is -0.966. The monoisotopic (exact) mass is 494 g/mol. The molecule has 0 bridgehead atoms. The van der Waals surface area contributed by atoms with Gasteiger partial charge in [0.25, 0.3) is 0 Å². The maximum absolute atomic E-state index is 14.8. The lowest BCUT2D eigenvalue weighted by atomic mass is 10.0. The second kappa shape index (κ2) is 8.74. The van der Waals surface area contributed by atoms with Gasteiger partial charge in [0, 0.05) is 24.7 Å². The lowest BCUT2D eigenvalue weighted by Gasteiger charge is -2.32. The number of rotatable bonds is 6. The molecule has 1 fully saturated rings. The molecular weight excluding hydrogens is 472 g/mol. The van der Waals surface area contributed by atoms with E-state index in [1.165, 1.54) is 19.4 Å². The van der Waals surface area contributed by atoms with Crippen LogP contribution in [-0.2, 0) is 27.8 Å². The number of carbonyl (C=O) groups is 2. The van der Waals surface area contributed by atoms with E-state index in [9.17, 15) is 27.2 Å². The third-order valence-corrected chi connectivity index (χ3v) is 5.67. The molecule has 3 aromatic rings. The minimum absolute atomic E-state index is 0.000404. The second-order valence-electron chi connectivity index (χ2n) is 8.62. The maximum atomic E-state index is 14.8. The summed E-state index contributed by atoms with van der Waals surface area (Å²) in [5.41, 5.74) is -1.75. The fourth-order valence-corrected chi connectivity index (χ4v) is 3.82. The van der Waals surface area contributed by atoms with Crippen LogP contribution in [0.5, 0.6) is 0 Å². The summed E-state index contributed by atoms with van der Waals surface area (Å²) in [4.78, 5) is 34.3. The van der Waals surface area contributed by atoms with Crippen molar-refractivity contribution in [1.29, 1.82) is 0 Å². The second-order valence-corrected chi connectivity index (χ2v) is 8.62. The van der Waals surface area contributed by atoms with Gasteiger partial charge in [-0.25, -0.2) is 14.4 Å². The average Bonchev–Trinajstić information content (AvgIpc) is 3.49. The number of hydrogen-bond donors (Lipinski definition) is 1. The minimum Gasteiger partial charge on any atom is -0.330 e. The first-order chi connectivity index (χ1) is 16.4. The molecule has 0 aromatic carbocycles. The molecular formula is C21H22F4N8O2. The van der Waals surface area contributed by atoms with Gasteiger partial charge in [0.1, 0.15) is 12.9 Å². The molecule has 1 saturated heterocycles. The standard InChI is InChI=1S/C21H22F4N8O2/c1-12-7-15(21(23,24)25)29-32(12)10-16(34)28-13-8-14(22)18(26-9-13)33-11-27-19(30-33)20(2,3)31-6-4-5-17(31)35/h7-9,11H,4-6,10H2,1-3H3,(H,28,34). The van der Waals surface area contributed by atoms with Crippen molar-refractivity contribution in [3.8, 4) is 5.82 Å². The van der Waals surface area contributed by atoms with Crippen LogP contribution >= 0.6 is 0 Å². The Balaban J connectivity index is 1.46. The molecule has 2 amide bonds. The fourth-order valence-electron chi connectivity index (χ4n) is 3.82. The third kappa shape index (κ3) is 4.86. The van der Waals surface area contributed by atoms with Gasteiger partial charge in [-0.05, 0) is 33.3 Å². The smallest absolute Gasteiger partial charge is 0.330 e. The van der Waals surface area contributed by atoms with Crippen molar-refractivity contribution in [3.05, 3.63) is 47.7 Å². The SMILES string of the molecule is Cc1cc(C(F)(F)F)nn1CC(=O)Nc1cnc(-n2cnc(C(C)(C)N3CCCC3=O)n2)c(F)c1. The van der Waals surface area contributed by atoms with Crippen molar-refractivity contribution in [2.45, 2.75) is 51.9 Å². The summed E-state index contributed by atoms with van der Waals surface area (Å²) >= 11 is 0. The number of nitrogens with zero attached hydrogens (tertiary/aromatic N) is 7. The lowest BCUT2D eigenvalue weighted by Crippen LogP contribution is -2.43. The molecule has 35 heavy (non-hydrogen) atoms. The van der Waals surface area contributed by atoms with Crippen molar-refractivity contribution >= 4 is 17.5 Å². The predicted molar refractivity (Wildman–Crippen MR) is 114 cm³/mol. The highest BCUT2D eigenvalue weighted by atomic mass is 19.4. The third-order valence-electron chi connectivity index (χ3n) is 5.67. The molecule has 0 saturated carbocycles. The molecule has 3 aromatic heterocycles. The predicted octanol–water partition coefficient (Wildman–Crippen LogP) is 2.82. The molecule has 186 valence electrons. The van der Waals surface area contributed by atoms with Crippen LogP contribution < -0.4 is 5.32 Å². The number of carbonyl (C=O) groups excluding carboxylic acids is 2. The molecule has 1 N–H and O–H groups in total. The lowest BCUT2D eigenvalue weighted by molar-refractivity contribution is -0.141. The van der Waals surface area contributed by atoms with Crippen molar-refractivity contribution < 1.29 is 27.2 Å². The van der Waals surface area contributed by atoms with Crippen LogP contribution in [0.15, 0.2) is 24.7 Å². The number of anilines is 1. The summed E-state index contributed by atoms with van der Waals surface area (Å²) in [7, 11) is 0. The number of nitrogens with one attached hydrogen (secondary N) is 1. The highest BCUT2D eigenvalue weighted by molar-refractivity contribution is 5.90. The van der Waals surface area contributed by atoms with Crippen LogP contribution in [0.4, 0.5) is 23.2 Å². The summed E-state index contributed by atoms with van der Waals surface area (Å²) in [5.74, 6) is -1.39. The Hall–Kier alpha value is -3.84. The van der Waals surface area contributed by atoms with Crippen LogP contribution in [-0.4, -0.2) is 52.8 Å². The quantitative estimate of drug-likeness (QED) is 0.528. The zero-order chi connectivity index (χ0) is 25.5. The maximum Gasteiger partial charge on any atom is 0.435 e. The van der Waals surface area contributed by atoms with Crippen molar-refractivity contribution in [2.24, 2.45) is 0 Å². The number of aromatic nitrogens is 6. The molecule has 0 radical (unpaired) electrons. The van der Waals surface area contributed by atoms with E-state index in [4.69, 9.17) is 0 Å². The van der Waals surface area contributed by atoms with Gasteiger partial charge in [-0.15, -0.1) is 5.10 Å². The van der Waals surface area contributed by atoms with Gasteiger partial charge in [-0.3, -0.25) is 14.3 Å². The number of alkyl halides is 3. The summed E-state index contributed by atoms with van der Waals surface area (Å²) in [6, 6.07) is 1.84. The molecule has 1 aliphatic heterocycles. The van der Waals surface area contributed by atoms with Crippen LogP contribution in [0.3, 0.4) is 0 Å². The Kier molecular flexibility index (Phi) is 6.07. The molecule has 4 heterocycles. The highest BCUT2D eigenvalue weighted by Gasteiger charge is 2.38. The fraction of sp³-hybridized carbons (Fsp3) is 0.429. The van der Waals surface area contributed by atoms with Crippen molar-refractivity contribution in [3.63, 3.8) is 0 Å². The first kappa shape index (κ1) is 24.3. The van der Waals surface area contributed by atoms with Gasteiger partial charge >= 0.3 is 6.18 Å². The number of amides is 2. The van der Waals surface area contributed by atoms with E-state index in [2.05, 4.69) is 25.5 Å². The molecule has 0 atom stereocenters. The topological polar surface area (TPSA) is 111 Å². The number of pyridine rings is 1. The number of halogens is 4. The first-order valence-electron chi connectivity index (χ1n) is 10.7. The van der Waals surface area contributed by atoms with Gasteiger partial charge in [0.05, 0.1) is 17.4 Å². The van der Waals surface area contributed by atoms with Crippen LogP contribution in [0, 0.1) is 12.7 Å². The van der Waals surface area contributed by atoms with Gasteiger partial charge in [0.2, 0.25) is 11.8 Å². The van der Waals surface area contributed by atoms with Crippen molar-refractivity contribution in [1.82, 2.24) is 34.4 Å². The number of aryl methyl sites for hydroxylation is 1. The Morgan fingerprint density at radius 3 is 2.51 bits per heavy atom. The largest absolute Gasteiger partial charge is 0.435 e. The van der Waals surface area contributed by atoms with E-state index < -0.39 is 35.7 Å². The Morgan fingerprint density at radius 1 is 1.17 bits per heavy atom. The minimum atomic E-state index is -4.63. The van der Waals surface area contributed by atoms with Gasteiger partial charge in [-0.2, -0.15) is 23.0 Å². The van der Waals surface area contributed by atoms with Gasteiger partial charge in [0.15, 0.2) is 23.2 Å². The van der Waals surface area contributed by atoms with E-state index in [0.29, 0.717) is 18.8 Å². The van der Waals surface area contributed by atoms with E-state index in [-0.39, 0.29) is 23.1 Å². The normalized spacial score (nSPS) is 14.6. The van der Waals surface area contributed by atoms with E-state index in [1.54, 1.807) is 18.7 Å². The molecule has 14 heteroatoms. The Labute approximate surface area is 197 Å². The zero-order valence-electron chi connectivity index (χ0n) is 19.1. The Morgan fingerprint density at radius 2 is 1.91 bits per heavy atom. The Bertz CT molecular complexity index is 1280. The van der Waals surface area contributed by atoms with E-state index in [0.717, 1.165) is 27.9 Å². The average molecular weight is 494 g/mol. The summed E-state index contributed by atoms with van der Waals surface area (Å²) in [6.45, 7) is 5.08. The zero-order valence-corrected chi connectivity index (χ0v) is 19.1. The highest BCUT2D eigenvalue weighted by Crippen LogP contribution is 2.30. The van der Waals surface area contributed by atoms with Crippen LogP contribution in [0.25, 0.3) is 5.82 Å². The first-order valence-corrected chi connectivity index (χ1v) is 10.7. The van der Waals surface area contributed by atoms with Gasteiger partial charge < -0.3 is 10.2 Å². The van der Waals surface area contributed by atoms with Crippen molar-refractivity contribution in [2.75, 3.05) is 11.9 Å². The van der Waals surface area contributed by atoms with Crippen LogP contribution in [0.2, 0.25) is 0 Å². The summed E-state index contributed by atoms with van der Waals surface area (Å²) < 4.78 is 55.2. The van der Waals surface area contributed by atoms with Crippen LogP contribution in [0.1, 0.15) is 43.9 Å². The molecule has 0 aliphatic carbocycles. The van der Waals surface area contributed by atoms with E-state index in [1.807, 2.05) is 0 Å².